The molecule has 0 radical (unpaired) electrons. The standard InChI is InChI=1S/C30H27NO5/c1-18(2)17-36-24-14-13-21(16-19(24)3)28(32)26-27(25-12-7-15-35-25)31(30(34)29(26)33)23-11-6-9-20-8-4-5-10-22(20)23/h4-16,18,27,32H,17H2,1-3H3/b28-26-. The van der Waals surface area contributed by atoms with Crippen LogP contribution < -0.4 is 9.64 Å². The summed E-state index contributed by atoms with van der Waals surface area (Å²) in [5.41, 5.74) is 1.80. The number of carbonyl (C=O) groups is 2. The van der Waals surface area contributed by atoms with E-state index in [0.717, 1.165) is 16.3 Å². The molecule has 1 aliphatic heterocycles. The molecule has 6 heteroatoms. The lowest BCUT2D eigenvalue weighted by molar-refractivity contribution is -0.132. The van der Waals surface area contributed by atoms with Crippen LogP contribution in [0.15, 0.2) is 89.0 Å². The number of hydrogen-bond acceptors (Lipinski definition) is 5. The van der Waals surface area contributed by atoms with E-state index in [1.165, 1.54) is 11.2 Å². The van der Waals surface area contributed by atoms with E-state index in [2.05, 4.69) is 13.8 Å². The van der Waals surface area contributed by atoms with Gasteiger partial charge >= 0.3 is 0 Å². The summed E-state index contributed by atoms with van der Waals surface area (Å²) in [7, 11) is 0. The molecule has 3 aromatic carbocycles. The number of aryl methyl sites for hydroxylation is 1. The normalized spacial score (nSPS) is 17.3. The van der Waals surface area contributed by atoms with Gasteiger partial charge < -0.3 is 14.3 Å². The van der Waals surface area contributed by atoms with Crippen LogP contribution in [0.2, 0.25) is 0 Å². The summed E-state index contributed by atoms with van der Waals surface area (Å²) in [6, 6.07) is 21.0. The maximum absolute atomic E-state index is 13.4. The average Bonchev–Trinajstić information content (AvgIpc) is 3.49. The van der Waals surface area contributed by atoms with Crippen molar-refractivity contribution < 1.29 is 23.8 Å². The molecule has 182 valence electrons. The van der Waals surface area contributed by atoms with Gasteiger partial charge in [0.05, 0.1) is 24.1 Å². The highest BCUT2D eigenvalue weighted by Gasteiger charge is 2.48. The third kappa shape index (κ3) is 4.05. The Hall–Kier alpha value is -4.32. The van der Waals surface area contributed by atoms with Gasteiger partial charge in [-0.05, 0) is 60.2 Å². The first kappa shape index (κ1) is 23.4. The number of amides is 1. The summed E-state index contributed by atoms with van der Waals surface area (Å²) in [4.78, 5) is 28.3. The van der Waals surface area contributed by atoms with Crippen LogP contribution in [-0.2, 0) is 9.59 Å². The lowest BCUT2D eigenvalue weighted by atomic mass is 9.98. The van der Waals surface area contributed by atoms with E-state index in [1.807, 2.05) is 43.3 Å². The molecule has 0 aliphatic carbocycles. The molecule has 1 unspecified atom stereocenters. The zero-order valence-electron chi connectivity index (χ0n) is 20.4. The van der Waals surface area contributed by atoms with E-state index in [-0.39, 0.29) is 11.3 Å². The number of furan rings is 1. The predicted octanol–water partition coefficient (Wildman–Crippen LogP) is 6.40. The predicted molar refractivity (Wildman–Crippen MR) is 139 cm³/mol. The Kier molecular flexibility index (Phi) is 6.10. The molecule has 0 spiro atoms. The van der Waals surface area contributed by atoms with Crippen LogP contribution in [0, 0.1) is 12.8 Å². The lowest BCUT2D eigenvalue weighted by Gasteiger charge is -2.24. The second-order valence-electron chi connectivity index (χ2n) is 9.37. The molecule has 1 aliphatic rings. The largest absolute Gasteiger partial charge is 0.507 e. The first-order chi connectivity index (χ1) is 17.4. The molecule has 1 amide bonds. The fourth-order valence-electron chi connectivity index (χ4n) is 4.59. The van der Waals surface area contributed by atoms with E-state index in [1.54, 1.807) is 36.4 Å². The van der Waals surface area contributed by atoms with Gasteiger partial charge in [0, 0.05) is 10.9 Å². The Morgan fingerprint density at radius 2 is 1.81 bits per heavy atom. The monoisotopic (exact) mass is 481 g/mol. The fraction of sp³-hybridized carbons (Fsp3) is 0.200. The molecule has 0 bridgehead atoms. The van der Waals surface area contributed by atoms with Crippen LogP contribution in [0.5, 0.6) is 5.75 Å². The maximum atomic E-state index is 13.4. The van der Waals surface area contributed by atoms with E-state index in [9.17, 15) is 14.7 Å². The molecule has 6 nitrogen and oxygen atoms in total. The van der Waals surface area contributed by atoms with Gasteiger partial charge in [-0.1, -0.05) is 50.2 Å². The molecule has 1 fully saturated rings. The number of aliphatic hydroxyl groups excluding tert-OH is 1. The summed E-state index contributed by atoms with van der Waals surface area (Å²) in [5, 5.41) is 13.1. The average molecular weight is 482 g/mol. The fourth-order valence-corrected chi connectivity index (χ4v) is 4.59. The van der Waals surface area contributed by atoms with Gasteiger partial charge in [0.2, 0.25) is 0 Å². The Balaban J connectivity index is 1.65. The van der Waals surface area contributed by atoms with Crippen molar-refractivity contribution in [1.82, 2.24) is 0 Å². The van der Waals surface area contributed by atoms with Crippen LogP contribution >= 0.6 is 0 Å². The molecule has 36 heavy (non-hydrogen) atoms. The SMILES string of the molecule is Cc1cc(/C(O)=C2/C(=O)C(=O)N(c3cccc4ccccc34)C2c2ccco2)ccc1OCC(C)C. The number of ketones is 1. The number of benzene rings is 3. The summed E-state index contributed by atoms with van der Waals surface area (Å²) in [5.74, 6) is -0.273. The number of ether oxygens (including phenoxy) is 1. The smallest absolute Gasteiger partial charge is 0.300 e. The zero-order valence-corrected chi connectivity index (χ0v) is 20.4. The number of rotatable bonds is 6. The van der Waals surface area contributed by atoms with Gasteiger partial charge in [-0.15, -0.1) is 0 Å². The summed E-state index contributed by atoms with van der Waals surface area (Å²) >= 11 is 0. The second kappa shape index (κ2) is 9.38. The Bertz CT molecular complexity index is 1480. The number of aliphatic hydroxyl groups is 1. The molecule has 0 saturated carbocycles. The van der Waals surface area contributed by atoms with Crippen LogP contribution in [0.3, 0.4) is 0 Å². The number of fused-ring (bicyclic) bond motifs is 1. The van der Waals surface area contributed by atoms with Crippen molar-refractivity contribution in [3.8, 4) is 5.75 Å². The first-order valence-electron chi connectivity index (χ1n) is 11.9. The van der Waals surface area contributed by atoms with Crippen LogP contribution in [-0.4, -0.2) is 23.4 Å². The molecular weight excluding hydrogens is 454 g/mol. The van der Waals surface area contributed by atoms with Crippen molar-refractivity contribution in [3.05, 3.63) is 102 Å². The number of nitrogens with zero attached hydrogens (tertiary/aromatic N) is 1. The molecule has 1 N–H and O–H groups in total. The number of carbonyl (C=O) groups excluding carboxylic acids is 2. The van der Waals surface area contributed by atoms with Crippen molar-refractivity contribution in [1.29, 1.82) is 0 Å². The molecule has 1 aromatic heterocycles. The summed E-state index contributed by atoms with van der Waals surface area (Å²) in [6.07, 6.45) is 1.49. The molecule has 5 rings (SSSR count). The van der Waals surface area contributed by atoms with Gasteiger partial charge in [0.1, 0.15) is 23.3 Å². The van der Waals surface area contributed by atoms with Gasteiger partial charge in [0.15, 0.2) is 0 Å². The van der Waals surface area contributed by atoms with Crippen molar-refractivity contribution in [2.75, 3.05) is 11.5 Å². The zero-order chi connectivity index (χ0) is 25.4. The van der Waals surface area contributed by atoms with Gasteiger partial charge in [-0.2, -0.15) is 0 Å². The second-order valence-corrected chi connectivity index (χ2v) is 9.37. The van der Waals surface area contributed by atoms with E-state index < -0.39 is 17.7 Å². The summed E-state index contributed by atoms with van der Waals surface area (Å²) in [6.45, 7) is 6.59. The van der Waals surface area contributed by atoms with E-state index in [0.29, 0.717) is 35.3 Å². The van der Waals surface area contributed by atoms with Crippen molar-refractivity contribution in [2.24, 2.45) is 5.92 Å². The summed E-state index contributed by atoms with van der Waals surface area (Å²) < 4.78 is 11.5. The Morgan fingerprint density at radius 1 is 1.03 bits per heavy atom. The van der Waals surface area contributed by atoms with Crippen molar-refractivity contribution in [3.63, 3.8) is 0 Å². The van der Waals surface area contributed by atoms with Crippen molar-refractivity contribution >= 4 is 33.9 Å². The number of anilines is 1. The van der Waals surface area contributed by atoms with E-state index in [4.69, 9.17) is 9.15 Å². The van der Waals surface area contributed by atoms with Crippen LogP contribution in [0.1, 0.15) is 36.8 Å². The highest BCUT2D eigenvalue weighted by atomic mass is 16.5. The molecule has 4 aromatic rings. The topological polar surface area (TPSA) is 80.0 Å². The number of hydrogen-bond donors (Lipinski definition) is 1. The Morgan fingerprint density at radius 3 is 2.53 bits per heavy atom. The lowest BCUT2D eigenvalue weighted by Crippen LogP contribution is -2.29. The minimum absolute atomic E-state index is 0.0156. The third-order valence-electron chi connectivity index (χ3n) is 6.30. The van der Waals surface area contributed by atoms with Crippen LogP contribution in [0.4, 0.5) is 5.69 Å². The van der Waals surface area contributed by atoms with Gasteiger partial charge in [-0.25, -0.2) is 0 Å². The van der Waals surface area contributed by atoms with Gasteiger partial charge in [-0.3, -0.25) is 14.5 Å². The van der Waals surface area contributed by atoms with Gasteiger partial charge in [0.25, 0.3) is 11.7 Å². The number of Topliss-reactive ketones (excluding diaryl/α,β-unsaturated/α-hetero) is 1. The third-order valence-corrected chi connectivity index (χ3v) is 6.30. The molecule has 2 heterocycles. The first-order valence-corrected chi connectivity index (χ1v) is 11.9. The highest BCUT2D eigenvalue weighted by molar-refractivity contribution is 6.52. The van der Waals surface area contributed by atoms with Crippen molar-refractivity contribution in [2.45, 2.75) is 26.8 Å². The molecule has 1 atom stereocenters. The minimum Gasteiger partial charge on any atom is -0.507 e. The molecular formula is C30H27NO5. The molecule has 1 saturated heterocycles. The van der Waals surface area contributed by atoms with Crippen LogP contribution in [0.25, 0.3) is 16.5 Å². The minimum atomic E-state index is -0.914. The van der Waals surface area contributed by atoms with E-state index >= 15 is 0 Å². The maximum Gasteiger partial charge on any atom is 0.300 e. The Labute approximate surface area is 209 Å². The highest BCUT2D eigenvalue weighted by Crippen LogP contribution is 2.44. The quantitative estimate of drug-likeness (QED) is 0.196.